The summed E-state index contributed by atoms with van der Waals surface area (Å²) in [6.45, 7) is 35.4. The number of carbonyl (C=O) groups is 2. The second-order valence-corrected chi connectivity index (χ2v) is 36.2. The van der Waals surface area contributed by atoms with Gasteiger partial charge >= 0.3 is 5.97 Å². The van der Waals surface area contributed by atoms with Gasteiger partial charge in [-0.05, 0) is 127 Å². The molecule has 9 rings (SSSR count). The van der Waals surface area contributed by atoms with Gasteiger partial charge in [0.05, 0.1) is 48.3 Å². The van der Waals surface area contributed by atoms with Crippen LogP contribution >= 0.6 is 15.9 Å². The molecule has 422 valence electrons. The lowest BCUT2D eigenvalue weighted by Gasteiger charge is -2.47. The molecule has 18 atom stereocenters. The summed E-state index contributed by atoms with van der Waals surface area (Å²) in [7, 11) is -3.57. The minimum atomic E-state index is -1.92. The summed E-state index contributed by atoms with van der Waals surface area (Å²) in [5, 5.41) is 0.135. The highest BCUT2D eigenvalue weighted by atomic mass is 79.9. The summed E-state index contributed by atoms with van der Waals surface area (Å²) in [5.41, 5.74) is 1.64. The molecule has 8 heterocycles. The van der Waals surface area contributed by atoms with Gasteiger partial charge < -0.3 is 46.7 Å². The number of halogens is 1. The van der Waals surface area contributed by atoms with Crippen molar-refractivity contribution in [2.75, 3.05) is 13.2 Å². The average molecular weight is 1140 g/mol. The molecule has 6 bridgehead atoms. The normalized spacial score (nSPS) is 36.3. The topological polar surface area (TPSA) is 126 Å². The van der Waals surface area contributed by atoms with E-state index in [0.29, 0.717) is 69.0 Å². The molecule has 0 aliphatic carbocycles. The summed E-state index contributed by atoms with van der Waals surface area (Å²) in [6, 6.07) is 12.5. The van der Waals surface area contributed by atoms with Gasteiger partial charge in [0.25, 0.3) is 0 Å². The van der Waals surface area contributed by atoms with Crippen molar-refractivity contribution >= 4 is 44.3 Å². The van der Waals surface area contributed by atoms with Crippen LogP contribution in [0.1, 0.15) is 156 Å². The average Bonchev–Trinajstić information content (AvgIpc) is 3.98. The van der Waals surface area contributed by atoms with Gasteiger partial charge in [-0.1, -0.05) is 110 Å². The van der Waals surface area contributed by atoms with E-state index in [4.69, 9.17) is 46.7 Å². The molecule has 1 aromatic carbocycles. The van der Waals surface area contributed by atoms with Crippen LogP contribution in [0.25, 0.3) is 0 Å². The van der Waals surface area contributed by atoms with Gasteiger partial charge in [-0.3, -0.25) is 4.79 Å². The maximum Gasteiger partial charge on any atom is 0.338 e. The molecule has 0 amide bonds. The standard InChI is InChI=1S/C60H95BrO12Si2/c1-14-75(15-2,16-3)64-28-20-23-44-30-38(5)40(7)50(66-44)34-51-47(41(8)49(69-51)29-37(4)36-65-74(12,13)59(9,10)11)33-43(62)32-45-24-25-48-53(67-45)57-56-55(70-48)54-52(71-56)35-60(72-54,73-57)27-26-46(31-39(6)61)68-58(63)42-21-18-17-19-22-42/h17-19,21-22,37-38,41,44-57H,6-7,14-16,20,23-36H2,1-5,8-13H3/t37-,38+,41+,44-,45+,46+,47+,48-,49+,50+,51?,52+,53-,54?,55-,56+,57-,60-/m0/s1. The molecule has 8 saturated heterocycles. The fourth-order valence-corrected chi connectivity index (χ4v) is 17.4. The maximum absolute atomic E-state index is 14.6. The number of carbonyl (C=O) groups excluding carboxylic acids is 2. The van der Waals surface area contributed by atoms with Crippen LogP contribution in [0.2, 0.25) is 36.3 Å². The molecule has 0 saturated carbocycles. The van der Waals surface area contributed by atoms with E-state index in [1.165, 1.54) is 0 Å². The van der Waals surface area contributed by atoms with E-state index in [1.807, 2.05) is 18.2 Å². The third kappa shape index (κ3) is 13.9. The molecular weight excluding hydrogens is 1050 g/mol. The highest BCUT2D eigenvalue weighted by molar-refractivity contribution is 9.11. The Bertz CT molecular complexity index is 2090. The molecule has 15 heteroatoms. The first-order chi connectivity index (χ1) is 35.6. The number of Topliss-reactive ketones (excluding diaryl/α,β-unsaturated/α-hetero) is 1. The summed E-state index contributed by atoms with van der Waals surface area (Å²) >= 11 is 3.51. The first kappa shape index (κ1) is 59.5. The molecule has 8 fully saturated rings. The quantitative estimate of drug-likeness (QED) is 0.0379. The summed E-state index contributed by atoms with van der Waals surface area (Å²) in [4.78, 5) is 27.8. The van der Waals surface area contributed by atoms with Gasteiger partial charge in [-0.25, -0.2) is 4.79 Å². The second kappa shape index (κ2) is 25.0. The number of hydrogen-bond donors (Lipinski definition) is 0. The van der Waals surface area contributed by atoms with E-state index >= 15 is 0 Å². The van der Waals surface area contributed by atoms with E-state index in [1.54, 1.807) is 12.1 Å². The molecule has 2 unspecified atom stereocenters. The summed E-state index contributed by atoms with van der Waals surface area (Å²) in [6.07, 6.45) is 5.76. The zero-order valence-electron chi connectivity index (χ0n) is 47.6. The predicted octanol–water partition coefficient (Wildman–Crippen LogP) is 13.2. The fourth-order valence-electron chi connectivity index (χ4n) is 13.3. The summed E-state index contributed by atoms with van der Waals surface area (Å²) in [5.74, 6) is -0.303. The Balaban J connectivity index is 0.919. The van der Waals surface area contributed by atoms with Crippen molar-refractivity contribution in [2.24, 2.45) is 23.7 Å². The molecule has 0 spiro atoms. The zero-order chi connectivity index (χ0) is 54.0. The van der Waals surface area contributed by atoms with Crippen molar-refractivity contribution in [2.45, 2.75) is 267 Å². The van der Waals surface area contributed by atoms with Gasteiger partial charge in [-0.15, -0.1) is 0 Å². The van der Waals surface area contributed by atoms with Crippen LogP contribution in [0.5, 0.6) is 0 Å². The summed E-state index contributed by atoms with van der Waals surface area (Å²) < 4.78 is 68.7. The Morgan fingerprint density at radius 2 is 1.55 bits per heavy atom. The van der Waals surface area contributed by atoms with E-state index in [0.717, 1.165) is 73.3 Å². The highest BCUT2D eigenvalue weighted by Gasteiger charge is 2.69. The van der Waals surface area contributed by atoms with Crippen molar-refractivity contribution in [3.8, 4) is 0 Å². The number of fused-ring (bicyclic) bond motifs is 1. The first-order valence-corrected chi connectivity index (χ1v) is 35.5. The van der Waals surface area contributed by atoms with Gasteiger partial charge in [0.15, 0.2) is 22.4 Å². The Labute approximate surface area is 461 Å². The fraction of sp³-hybridized carbons (Fsp3) is 0.800. The molecule has 8 aliphatic rings. The lowest BCUT2D eigenvalue weighted by Crippen LogP contribution is -2.61. The Kier molecular flexibility index (Phi) is 19.9. The van der Waals surface area contributed by atoms with Crippen molar-refractivity contribution in [3.05, 3.63) is 59.1 Å². The van der Waals surface area contributed by atoms with E-state index in [-0.39, 0.29) is 89.7 Å². The lowest BCUT2D eigenvalue weighted by atomic mass is 9.78. The number of hydrogen-bond acceptors (Lipinski definition) is 12. The second-order valence-electron chi connectivity index (χ2n) is 25.5. The van der Waals surface area contributed by atoms with Crippen LogP contribution in [0, 0.1) is 23.7 Å². The number of benzene rings is 1. The van der Waals surface area contributed by atoms with Gasteiger partial charge in [0.1, 0.15) is 42.4 Å². The number of ether oxygens (including phenoxy) is 8. The molecule has 0 N–H and O–H groups in total. The van der Waals surface area contributed by atoms with Gasteiger partial charge in [0, 0.05) is 51.7 Å². The van der Waals surface area contributed by atoms with Crippen molar-refractivity contribution in [1.29, 1.82) is 0 Å². The Morgan fingerprint density at radius 1 is 0.853 bits per heavy atom. The molecule has 0 radical (unpaired) electrons. The highest BCUT2D eigenvalue weighted by Crippen LogP contribution is 2.54. The van der Waals surface area contributed by atoms with E-state index < -0.39 is 40.7 Å². The minimum absolute atomic E-state index is 0.0000850. The van der Waals surface area contributed by atoms with Crippen molar-refractivity contribution in [3.63, 3.8) is 0 Å². The largest absolute Gasteiger partial charge is 0.458 e. The molecule has 8 aliphatic heterocycles. The molecule has 1 aromatic rings. The van der Waals surface area contributed by atoms with E-state index in [2.05, 4.69) is 104 Å². The SMILES string of the molecule is C=C(Br)C[C@@H](CC[C@@]12C[C@H]3O[C@H]4[C@@H](O1)[C@H]1O[C@@H](CC(=O)C[C@H]5C(C[C@H]6O[C@@H](CCCO[Si](CC)(CC)CC)C[C@@H](C)C6=C)O[C@H](C[C@H](C)CO[Si](C)(C)C(C)(C)C)[C@@H]5C)CC[C@@H]1O[C@H]4C3O2)OC(=O)c1ccccc1. The number of ketones is 1. The number of esters is 1. The Hall–Kier alpha value is -1.61. The maximum atomic E-state index is 14.6. The van der Waals surface area contributed by atoms with Crippen LogP contribution in [-0.2, 0) is 51.5 Å². The smallest absolute Gasteiger partial charge is 0.338 e. The van der Waals surface area contributed by atoms with Crippen molar-refractivity contribution in [1.82, 2.24) is 0 Å². The Morgan fingerprint density at radius 3 is 2.24 bits per heavy atom. The van der Waals surface area contributed by atoms with Crippen LogP contribution in [-0.4, -0.2) is 127 Å². The molecule has 0 aromatic heterocycles. The van der Waals surface area contributed by atoms with E-state index in [9.17, 15) is 9.59 Å². The third-order valence-electron chi connectivity index (χ3n) is 19.3. The van der Waals surface area contributed by atoms with Gasteiger partial charge in [-0.2, -0.15) is 0 Å². The third-order valence-corrected chi connectivity index (χ3v) is 28.8. The predicted molar refractivity (Wildman–Crippen MR) is 301 cm³/mol. The van der Waals surface area contributed by atoms with Crippen LogP contribution in [0.4, 0.5) is 0 Å². The van der Waals surface area contributed by atoms with Crippen LogP contribution in [0.3, 0.4) is 0 Å². The molecule has 12 nitrogen and oxygen atoms in total. The van der Waals surface area contributed by atoms with Crippen molar-refractivity contribution < 1.29 is 56.3 Å². The zero-order valence-corrected chi connectivity index (χ0v) is 51.2. The monoisotopic (exact) mass is 1140 g/mol. The van der Waals surface area contributed by atoms with Crippen LogP contribution < -0.4 is 0 Å². The first-order valence-electron chi connectivity index (χ1n) is 29.3. The molecule has 75 heavy (non-hydrogen) atoms. The molecular formula is C60H95BrO12Si2. The number of rotatable bonds is 26. The van der Waals surface area contributed by atoms with Crippen LogP contribution in [0.15, 0.2) is 53.5 Å². The lowest BCUT2D eigenvalue weighted by molar-refractivity contribution is -0.292. The van der Waals surface area contributed by atoms with Gasteiger partial charge in [0.2, 0.25) is 0 Å². The minimum Gasteiger partial charge on any atom is -0.458 e.